The molecule has 2 heterocycles. The van der Waals surface area contributed by atoms with Gasteiger partial charge in [-0.2, -0.15) is 0 Å². The number of carboxylic acid groups (broad SMARTS) is 2. The molecule has 1 amide bonds. The average Bonchev–Trinajstić information content (AvgIpc) is 2.90. The number of carboxylic acids is 2. The highest BCUT2D eigenvalue weighted by Crippen LogP contribution is 2.23. The van der Waals surface area contributed by atoms with Crippen LogP contribution >= 0.6 is 0 Å². The van der Waals surface area contributed by atoms with Gasteiger partial charge >= 0.3 is 11.9 Å². The molecule has 3 aromatic rings. The molecule has 37 heavy (non-hydrogen) atoms. The number of aromatic nitrogens is 1. The zero-order chi connectivity index (χ0) is 26.6. The van der Waals surface area contributed by atoms with Crippen molar-refractivity contribution in [2.75, 3.05) is 13.1 Å². The SMILES string of the molecule is O=C(Cc1ccncc1)N1CCC(Oc2ccc(OCc3cccc(F)c3)cc2)CC1.O=C(O)C(=O)O. The van der Waals surface area contributed by atoms with Crippen LogP contribution in [0.3, 0.4) is 0 Å². The summed E-state index contributed by atoms with van der Waals surface area (Å²) in [6.45, 7) is 1.71. The summed E-state index contributed by atoms with van der Waals surface area (Å²) in [7, 11) is 0. The minimum Gasteiger partial charge on any atom is -0.490 e. The maximum absolute atomic E-state index is 13.2. The molecule has 1 fully saturated rings. The number of nitrogens with zero attached hydrogens (tertiary/aromatic N) is 2. The molecule has 1 aliphatic rings. The number of halogens is 1. The van der Waals surface area contributed by atoms with Crippen molar-refractivity contribution in [3.8, 4) is 11.5 Å². The van der Waals surface area contributed by atoms with E-state index in [0.717, 1.165) is 29.7 Å². The molecule has 9 nitrogen and oxygen atoms in total. The number of carbonyl (C=O) groups is 3. The third-order valence-corrected chi connectivity index (χ3v) is 5.50. The molecule has 2 aromatic carbocycles. The number of hydrogen-bond donors (Lipinski definition) is 2. The lowest BCUT2D eigenvalue weighted by molar-refractivity contribution is -0.159. The lowest BCUT2D eigenvalue weighted by Crippen LogP contribution is -2.42. The van der Waals surface area contributed by atoms with Gasteiger partial charge in [-0.1, -0.05) is 12.1 Å². The summed E-state index contributed by atoms with van der Waals surface area (Å²) in [5.41, 5.74) is 1.77. The molecular formula is C27H27FN2O7. The smallest absolute Gasteiger partial charge is 0.414 e. The summed E-state index contributed by atoms with van der Waals surface area (Å²) < 4.78 is 25.0. The molecule has 0 bridgehead atoms. The van der Waals surface area contributed by atoms with Crippen molar-refractivity contribution in [1.82, 2.24) is 9.88 Å². The molecule has 1 saturated heterocycles. The van der Waals surface area contributed by atoms with Crippen molar-refractivity contribution >= 4 is 17.8 Å². The fourth-order valence-electron chi connectivity index (χ4n) is 3.61. The predicted octanol–water partition coefficient (Wildman–Crippen LogP) is 3.57. The van der Waals surface area contributed by atoms with Crippen LogP contribution in [0.1, 0.15) is 24.0 Å². The average molecular weight is 511 g/mol. The molecule has 0 spiro atoms. The van der Waals surface area contributed by atoms with Crippen LogP contribution in [-0.2, 0) is 27.4 Å². The van der Waals surface area contributed by atoms with Gasteiger partial charge in [0.2, 0.25) is 5.91 Å². The van der Waals surface area contributed by atoms with Crippen molar-refractivity contribution in [2.45, 2.75) is 32.0 Å². The predicted molar refractivity (Wildman–Crippen MR) is 131 cm³/mol. The molecule has 0 atom stereocenters. The lowest BCUT2D eigenvalue weighted by Gasteiger charge is -2.32. The Kier molecular flexibility index (Phi) is 9.95. The van der Waals surface area contributed by atoms with E-state index in [0.29, 0.717) is 31.9 Å². The van der Waals surface area contributed by atoms with E-state index in [1.54, 1.807) is 18.5 Å². The number of rotatable bonds is 7. The van der Waals surface area contributed by atoms with Crippen molar-refractivity contribution in [3.05, 3.63) is 90.0 Å². The van der Waals surface area contributed by atoms with Gasteiger partial charge in [0, 0.05) is 38.3 Å². The van der Waals surface area contributed by atoms with Gasteiger partial charge in [-0.3, -0.25) is 9.78 Å². The number of hydrogen-bond acceptors (Lipinski definition) is 6. The maximum Gasteiger partial charge on any atom is 0.414 e. The zero-order valence-electron chi connectivity index (χ0n) is 20.0. The highest BCUT2D eigenvalue weighted by atomic mass is 19.1. The van der Waals surface area contributed by atoms with Crippen LogP contribution in [0.5, 0.6) is 11.5 Å². The van der Waals surface area contributed by atoms with Crippen LogP contribution in [0.2, 0.25) is 0 Å². The number of likely N-dealkylation sites (tertiary alicyclic amines) is 1. The highest BCUT2D eigenvalue weighted by Gasteiger charge is 2.24. The van der Waals surface area contributed by atoms with E-state index >= 15 is 0 Å². The van der Waals surface area contributed by atoms with Crippen LogP contribution in [0.25, 0.3) is 0 Å². The zero-order valence-corrected chi connectivity index (χ0v) is 20.0. The quantitative estimate of drug-likeness (QED) is 0.462. The van der Waals surface area contributed by atoms with Crippen molar-refractivity contribution in [1.29, 1.82) is 0 Å². The van der Waals surface area contributed by atoms with Crippen molar-refractivity contribution in [2.24, 2.45) is 0 Å². The largest absolute Gasteiger partial charge is 0.490 e. The number of benzene rings is 2. The summed E-state index contributed by atoms with van der Waals surface area (Å²) in [5, 5.41) is 14.8. The number of piperidine rings is 1. The Balaban J connectivity index is 0.000000568. The first-order valence-electron chi connectivity index (χ1n) is 11.6. The third kappa shape index (κ3) is 9.25. The Bertz CT molecular complexity index is 1170. The number of carbonyl (C=O) groups excluding carboxylic acids is 1. The summed E-state index contributed by atoms with van der Waals surface area (Å²) in [6.07, 6.45) is 5.52. The van der Waals surface area contributed by atoms with Gasteiger partial charge in [-0.15, -0.1) is 0 Å². The van der Waals surface area contributed by atoms with E-state index in [1.165, 1.54) is 12.1 Å². The van der Waals surface area contributed by atoms with E-state index < -0.39 is 11.9 Å². The molecule has 0 saturated carbocycles. The Morgan fingerprint density at radius 2 is 1.51 bits per heavy atom. The molecular weight excluding hydrogens is 483 g/mol. The van der Waals surface area contributed by atoms with E-state index in [9.17, 15) is 9.18 Å². The highest BCUT2D eigenvalue weighted by molar-refractivity contribution is 6.27. The van der Waals surface area contributed by atoms with Gasteiger partial charge in [0.25, 0.3) is 0 Å². The molecule has 1 aromatic heterocycles. The van der Waals surface area contributed by atoms with Crippen molar-refractivity contribution in [3.63, 3.8) is 0 Å². The summed E-state index contributed by atoms with van der Waals surface area (Å²) >= 11 is 0. The van der Waals surface area contributed by atoms with E-state index in [1.807, 2.05) is 47.4 Å². The fraction of sp³-hybridized carbons (Fsp3) is 0.259. The van der Waals surface area contributed by atoms with Gasteiger partial charge in [0.05, 0.1) is 6.42 Å². The summed E-state index contributed by atoms with van der Waals surface area (Å²) in [5.74, 6) is -2.29. The number of aliphatic carboxylic acids is 2. The van der Waals surface area contributed by atoms with E-state index in [-0.39, 0.29) is 17.8 Å². The molecule has 0 aliphatic carbocycles. The van der Waals surface area contributed by atoms with Gasteiger partial charge in [-0.05, 0) is 59.7 Å². The Hall–Kier alpha value is -4.47. The second kappa shape index (κ2) is 13.6. The van der Waals surface area contributed by atoms with Gasteiger partial charge in [-0.25, -0.2) is 14.0 Å². The third-order valence-electron chi connectivity index (χ3n) is 5.50. The number of amides is 1. The first-order chi connectivity index (χ1) is 17.8. The second-order valence-corrected chi connectivity index (χ2v) is 8.23. The maximum atomic E-state index is 13.2. The molecule has 4 rings (SSSR count). The topological polar surface area (TPSA) is 126 Å². The standard InChI is InChI=1S/C25H25FN2O3.C2H2O4/c26-21-3-1-2-20(16-21)18-30-22-4-6-23(7-5-22)31-24-10-14-28(15-11-24)25(29)17-19-8-12-27-13-9-19;3-1(4)2(5)6/h1-9,12-13,16,24H,10-11,14-15,17-18H2;(H,3,4)(H,5,6). The normalized spacial score (nSPS) is 13.2. The monoisotopic (exact) mass is 510 g/mol. The molecule has 0 unspecified atom stereocenters. The minimum atomic E-state index is -1.82. The fourth-order valence-corrected chi connectivity index (χ4v) is 3.61. The summed E-state index contributed by atoms with van der Waals surface area (Å²) in [4.78, 5) is 36.6. The Labute approximate surface area is 213 Å². The molecule has 10 heteroatoms. The van der Waals surface area contributed by atoms with Crippen LogP contribution < -0.4 is 9.47 Å². The summed E-state index contributed by atoms with van der Waals surface area (Å²) in [6, 6.07) is 17.6. The molecule has 0 radical (unpaired) electrons. The molecule has 194 valence electrons. The Morgan fingerprint density at radius 3 is 2.11 bits per heavy atom. The number of pyridine rings is 1. The minimum absolute atomic E-state index is 0.0871. The van der Waals surface area contributed by atoms with Crippen LogP contribution in [0.4, 0.5) is 4.39 Å². The van der Waals surface area contributed by atoms with Crippen molar-refractivity contribution < 1.29 is 38.5 Å². The first kappa shape index (κ1) is 27.1. The van der Waals surface area contributed by atoms with E-state index in [2.05, 4.69) is 4.98 Å². The van der Waals surface area contributed by atoms with Crippen LogP contribution in [-0.4, -0.2) is 57.1 Å². The van der Waals surface area contributed by atoms with Gasteiger partial charge < -0.3 is 24.6 Å². The van der Waals surface area contributed by atoms with Gasteiger partial charge in [0.1, 0.15) is 30.0 Å². The van der Waals surface area contributed by atoms with E-state index in [4.69, 9.17) is 29.3 Å². The number of ether oxygens (including phenoxy) is 2. The first-order valence-corrected chi connectivity index (χ1v) is 11.6. The van der Waals surface area contributed by atoms with Crippen LogP contribution in [0.15, 0.2) is 73.1 Å². The Morgan fingerprint density at radius 1 is 0.892 bits per heavy atom. The second-order valence-electron chi connectivity index (χ2n) is 8.23. The van der Waals surface area contributed by atoms with Crippen LogP contribution in [0, 0.1) is 5.82 Å². The molecule has 1 aliphatic heterocycles. The lowest BCUT2D eigenvalue weighted by atomic mass is 10.1. The van der Waals surface area contributed by atoms with Gasteiger partial charge in [0.15, 0.2) is 0 Å². The molecule has 2 N–H and O–H groups in total.